The van der Waals surface area contributed by atoms with Crippen molar-refractivity contribution in [1.82, 2.24) is 4.98 Å². The first-order valence-electron chi connectivity index (χ1n) is 11.1. The summed E-state index contributed by atoms with van der Waals surface area (Å²) in [5.41, 5.74) is 0.863. The molecule has 2 rings (SSSR count). The predicted molar refractivity (Wildman–Crippen MR) is 123 cm³/mol. The van der Waals surface area contributed by atoms with Gasteiger partial charge in [0.15, 0.2) is 0 Å². The summed E-state index contributed by atoms with van der Waals surface area (Å²) in [5, 5.41) is 0. The van der Waals surface area contributed by atoms with Crippen molar-refractivity contribution < 1.29 is 23.1 Å². The van der Waals surface area contributed by atoms with Crippen molar-refractivity contribution in [2.45, 2.75) is 59.5 Å². The van der Waals surface area contributed by atoms with E-state index in [0.29, 0.717) is 25.0 Å². The minimum atomic E-state index is -3.37. The van der Waals surface area contributed by atoms with Gasteiger partial charge < -0.3 is 18.5 Å². The number of nitrogens with zero attached hydrogens (tertiary/aromatic N) is 3. The molecule has 0 spiro atoms. The highest BCUT2D eigenvalue weighted by molar-refractivity contribution is 7.53. The maximum absolute atomic E-state index is 13.5. The second-order valence-corrected chi connectivity index (χ2v) is 9.56. The maximum atomic E-state index is 13.5. The van der Waals surface area contributed by atoms with Crippen LogP contribution in [0.1, 0.15) is 53.0 Å². The molecular weight excluding hydrogens is 417 g/mol. The Labute approximate surface area is 186 Å². The van der Waals surface area contributed by atoms with Crippen LogP contribution in [0.5, 0.6) is 0 Å². The third-order valence-corrected chi connectivity index (χ3v) is 6.96. The van der Waals surface area contributed by atoms with Gasteiger partial charge in [0, 0.05) is 18.3 Å². The number of rotatable bonds is 11. The number of pyridine rings is 1. The van der Waals surface area contributed by atoms with Crippen molar-refractivity contribution in [1.29, 1.82) is 0 Å². The van der Waals surface area contributed by atoms with Gasteiger partial charge in [-0.2, -0.15) is 0 Å². The van der Waals surface area contributed by atoms with E-state index in [-0.39, 0.29) is 37.3 Å². The molecule has 9 heteroatoms. The minimum Gasteiger partial charge on any atom is -0.480 e. The Morgan fingerprint density at radius 2 is 1.52 bits per heavy atom. The Morgan fingerprint density at radius 3 is 2.00 bits per heavy atom. The summed E-state index contributed by atoms with van der Waals surface area (Å²) in [5.74, 6) is 0.906. The Hall–Kier alpha value is -1.76. The van der Waals surface area contributed by atoms with Crippen molar-refractivity contribution in [2.75, 3.05) is 32.6 Å². The number of hydrogen-bond donors (Lipinski definition) is 0. The topological polar surface area (TPSA) is 91.6 Å². The minimum absolute atomic E-state index is 0.131. The molecule has 2 heterocycles. The second-order valence-electron chi connectivity index (χ2n) is 7.46. The zero-order valence-corrected chi connectivity index (χ0v) is 20.4. The fourth-order valence-corrected chi connectivity index (χ4v) is 5.50. The SMILES string of the molecule is CCOC1=N[C@H]([C@H](CP(=O)(OCC)OCC)c2cccnc2)C(OCC)=N[C@H]1C(C)C. The molecule has 31 heavy (non-hydrogen) atoms. The monoisotopic (exact) mass is 453 g/mol. The molecule has 0 saturated carbocycles. The molecule has 0 aliphatic carbocycles. The summed E-state index contributed by atoms with van der Waals surface area (Å²) < 4.78 is 36.4. The number of aromatic nitrogens is 1. The standard InChI is InChI=1S/C22H36N3O5P/c1-7-27-21-19(16(5)6)24-22(28-8-2)20(25-21)18(17-12-11-13-23-14-17)15-31(26,29-9-3)30-10-4/h11-14,16,18-20H,7-10,15H2,1-6H3/t18-,19+,20-/m1/s1. The summed E-state index contributed by atoms with van der Waals surface area (Å²) in [7, 11) is -3.37. The lowest BCUT2D eigenvalue weighted by Gasteiger charge is -2.33. The first-order valence-corrected chi connectivity index (χ1v) is 12.8. The fraction of sp³-hybridized carbons (Fsp3) is 0.682. The van der Waals surface area contributed by atoms with Gasteiger partial charge >= 0.3 is 7.60 Å². The van der Waals surface area contributed by atoms with E-state index in [1.54, 1.807) is 26.2 Å². The molecule has 0 saturated heterocycles. The summed E-state index contributed by atoms with van der Waals surface area (Å²) in [6, 6.07) is 3.04. The fourth-order valence-electron chi connectivity index (χ4n) is 3.53. The molecule has 0 amide bonds. The molecule has 0 aromatic carbocycles. The van der Waals surface area contributed by atoms with Gasteiger partial charge in [-0.1, -0.05) is 19.9 Å². The van der Waals surface area contributed by atoms with Crippen LogP contribution in [0.15, 0.2) is 34.5 Å². The number of aliphatic imine (C=N–C) groups is 2. The average Bonchev–Trinajstić information content (AvgIpc) is 2.74. The van der Waals surface area contributed by atoms with E-state index >= 15 is 0 Å². The molecule has 0 fully saturated rings. The number of ether oxygens (including phenoxy) is 2. The Morgan fingerprint density at radius 1 is 0.935 bits per heavy atom. The van der Waals surface area contributed by atoms with Crippen molar-refractivity contribution >= 4 is 19.4 Å². The van der Waals surface area contributed by atoms with E-state index in [0.717, 1.165) is 5.56 Å². The highest BCUT2D eigenvalue weighted by atomic mass is 31.2. The zero-order chi connectivity index (χ0) is 22.9. The van der Waals surface area contributed by atoms with Crippen molar-refractivity contribution in [2.24, 2.45) is 15.9 Å². The molecule has 0 unspecified atom stereocenters. The molecule has 1 aliphatic rings. The molecule has 174 valence electrons. The van der Waals surface area contributed by atoms with Crippen molar-refractivity contribution in [3.05, 3.63) is 30.1 Å². The summed E-state index contributed by atoms with van der Waals surface area (Å²) in [6.45, 7) is 13.1. The molecule has 0 N–H and O–H groups in total. The van der Waals surface area contributed by atoms with Crippen LogP contribution in [-0.2, 0) is 23.1 Å². The van der Waals surface area contributed by atoms with E-state index in [9.17, 15) is 4.57 Å². The first-order chi connectivity index (χ1) is 14.9. The Bertz CT molecular complexity index is 775. The van der Waals surface area contributed by atoms with Crippen molar-refractivity contribution in [3.8, 4) is 0 Å². The normalized spacial score (nSPS) is 20.2. The lowest BCUT2D eigenvalue weighted by molar-refractivity contribution is 0.217. The summed E-state index contributed by atoms with van der Waals surface area (Å²) in [6.07, 6.45) is 3.58. The Balaban J connectivity index is 2.55. The first kappa shape index (κ1) is 25.5. The van der Waals surface area contributed by atoms with Gasteiger partial charge in [-0.25, -0.2) is 9.98 Å². The van der Waals surface area contributed by atoms with Crippen LogP contribution in [0.4, 0.5) is 0 Å². The predicted octanol–water partition coefficient (Wildman–Crippen LogP) is 4.71. The average molecular weight is 454 g/mol. The lowest BCUT2D eigenvalue weighted by atomic mass is 9.92. The van der Waals surface area contributed by atoms with E-state index in [4.69, 9.17) is 28.5 Å². The van der Waals surface area contributed by atoms with Gasteiger partial charge in [-0.15, -0.1) is 0 Å². The van der Waals surface area contributed by atoms with Crippen LogP contribution >= 0.6 is 7.60 Å². The smallest absolute Gasteiger partial charge is 0.331 e. The summed E-state index contributed by atoms with van der Waals surface area (Å²) >= 11 is 0. The molecule has 0 bridgehead atoms. The van der Waals surface area contributed by atoms with Crippen LogP contribution < -0.4 is 0 Å². The largest absolute Gasteiger partial charge is 0.480 e. The van der Waals surface area contributed by atoms with Gasteiger partial charge in [0.05, 0.1) is 32.6 Å². The van der Waals surface area contributed by atoms with E-state index < -0.39 is 13.6 Å². The molecular formula is C22H36N3O5P. The lowest BCUT2D eigenvalue weighted by Crippen LogP contribution is -2.41. The third-order valence-electron chi connectivity index (χ3n) is 4.82. The van der Waals surface area contributed by atoms with Crippen LogP contribution in [0.25, 0.3) is 0 Å². The second kappa shape index (κ2) is 12.3. The quantitative estimate of drug-likeness (QED) is 0.451. The van der Waals surface area contributed by atoms with Gasteiger partial charge in [-0.3, -0.25) is 9.55 Å². The van der Waals surface area contributed by atoms with Crippen molar-refractivity contribution in [3.63, 3.8) is 0 Å². The molecule has 3 atom stereocenters. The third kappa shape index (κ3) is 6.86. The Kier molecular flexibility index (Phi) is 10.1. The van der Waals surface area contributed by atoms with Gasteiger partial charge in [0.1, 0.15) is 12.1 Å². The van der Waals surface area contributed by atoms with E-state index in [1.165, 1.54) is 0 Å². The molecule has 1 aromatic heterocycles. The van der Waals surface area contributed by atoms with Gasteiger partial charge in [-0.05, 0) is 45.2 Å². The molecule has 0 radical (unpaired) electrons. The van der Waals surface area contributed by atoms with Crippen LogP contribution in [0.2, 0.25) is 0 Å². The zero-order valence-electron chi connectivity index (χ0n) is 19.5. The highest BCUT2D eigenvalue weighted by Crippen LogP contribution is 2.52. The number of hydrogen-bond acceptors (Lipinski definition) is 8. The van der Waals surface area contributed by atoms with E-state index in [1.807, 2.05) is 26.0 Å². The van der Waals surface area contributed by atoms with Crippen LogP contribution in [-0.4, -0.2) is 61.5 Å². The van der Waals surface area contributed by atoms with Gasteiger partial charge in [0.25, 0.3) is 0 Å². The van der Waals surface area contributed by atoms with E-state index in [2.05, 4.69) is 18.8 Å². The van der Waals surface area contributed by atoms with Crippen LogP contribution in [0, 0.1) is 5.92 Å². The molecule has 1 aromatic rings. The van der Waals surface area contributed by atoms with Gasteiger partial charge in [0.2, 0.25) is 11.8 Å². The maximum Gasteiger partial charge on any atom is 0.331 e. The molecule has 1 aliphatic heterocycles. The van der Waals surface area contributed by atoms with Crippen LogP contribution in [0.3, 0.4) is 0 Å². The highest BCUT2D eigenvalue weighted by Gasteiger charge is 2.41. The molecule has 8 nitrogen and oxygen atoms in total. The summed E-state index contributed by atoms with van der Waals surface area (Å²) in [4.78, 5) is 14.1.